The maximum atomic E-state index is 12.6. The van der Waals surface area contributed by atoms with Gasteiger partial charge in [0.25, 0.3) is 0 Å². The monoisotopic (exact) mass is 358 g/mol. The van der Waals surface area contributed by atoms with Crippen LogP contribution >= 0.6 is 0 Å². The number of ether oxygens (including phenoxy) is 1. The van der Waals surface area contributed by atoms with Gasteiger partial charge in [0, 0.05) is 17.3 Å². The van der Waals surface area contributed by atoms with Gasteiger partial charge >= 0.3 is 11.9 Å². The Balaban J connectivity index is 1.79. The molecule has 3 rings (SSSR count). The van der Waals surface area contributed by atoms with Crippen molar-refractivity contribution in [3.8, 4) is 0 Å². The molecule has 1 aromatic carbocycles. The minimum absolute atomic E-state index is 0.138. The fraction of sp³-hybridized carbons (Fsp3) is 0.571. The number of aromatic carboxylic acids is 1. The van der Waals surface area contributed by atoms with Gasteiger partial charge in [-0.15, -0.1) is 0 Å². The van der Waals surface area contributed by atoms with Crippen LogP contribution in [0.4, 0.5) is 0 Å². The highest BCUT2D eigenvalue weighted by atomic mass is 16.5. The number of hydrogen-bond donors (Lipinski definition) is 1. The number of benzene rings is 1. The van der Waals surface area contributed by atoms with Gasteiger partial charge in [-0.3, -0.25) is 4.79 Å². The zero-order valence-electron chi connectivity index (χ0n) is 15.6. The van der Waals surface area contributed by atoms with Gasteiger partial charge in [0.15, 0.2) is 0 Å². The summed E-state index contributed by atoms with van der Waals surface area (Å²) in [4.78, 5) is 35.9. The minimum atomic E-state index is -1.03. The Morgan fingerprint density at radius 1 is 1.08 bits per heavy atom. The second-order valence-electron chi connectivity index (χ2n) is 8.41. The third-order valence-corrected chi connectivity index (χ3v) is 6.59. The molecule has 0 amide bonds. The second kappa shape index (κ2) is 6.53. The molecule has 0 spiro atoms. The number of carboxylic acid groups (broad SMARTS) is 1. The molecule has 3 atom stereocenters. The van der Waals surface area contributed by atoms with Crippen molar-refractivity contribution in [2.45, 2.75) is 59.0 Å². The second-order valence-corrected chi connectivity index (χ2v) is 8.41. The summed E-state index contributed by atoms with van der Waals surface area (Å²) < 4.78 is 5.88. The lowest BCUT2D eigenvalue weighted by molar-refractivity contribution is -0.155. The summed E-state index contributed by atoms with van der Waals surface area (Å²) in [7, 11) is 0. The van der Waals surface area contributed by atoms with Crippen LogP contribution in [-0.4, -0.2) is 28.9 Å². The Kier molecular flexibility index (Phi) is 4.67. The van der Waals surface area contributed by atoms with Crippen LogP contribution in [-0.2, 0) is 9.53 Å². The average Bonchev–Trinajstić information content (AvgIpc) is 2.60. The van der Waals surface area contributed by atoms with Crippen molar-refractivity contribution in [1.29, 1.82) is 0 Å². The molecule has 1 N–H and O–H groups in total. The SMILES string of the molecule is CC1(C)C(=O)CC[C@@]2(C)[C@@H](OC(=O)c3ccc(C(=O)O)cc3)CCC[C@H]12. The van der Waals surface area contributed by atoms with Crippen LogP contribution in [0.1, 0.15) is 73.6 Å². The van der Waals surface area contributed by atoms with Gasteiger partial charge in [0.1, 0.15) is 11.9 Å². The third kappa shape index (κ3) is 3.04. The number of esters is 1. The molecule has 0 aromatic heterocycles. The molecule has 5 nitrogen and oxygen atoms in total. The third-order valence-electron chi connectivity index (χ3n) is 6.59. The van der Waals surface area contributed by atoms with Crippen LogP contribution in [0.2, 0.25) is 0 Å². The number of rotatable bonds is 3. The topological polar surface area (TPSA) is 80.7 Å². The van der Waals surface area contributed by atoms with E-state index in [1.165, 1.54) is 24.3 Å². The highest BCUT2D eigenvalue weighted by molar-refractivity contribution is 5.92. The van der Waals surface area contributed by atoms with Crippen molar-refractivity contribution in [2.75, 3.05) is 0 Å². The van der Waals surface area contributed by atoms with Gasteiger partial charge in [-0.1, -0.05) is 20.8 Å². The number of hydrogen-bond acceptors (Lipinski definition) is 4. The highest BCUT2D eigenvalue weighted by Crippen LogP contribution is 2.57. The molecule has 0 radical (unpaired) electrons. The summed E-state index contributed by atoms with van der Waals surface area (Å²) in [6.07, 6.45) is 3.77. The normalized spacial score (nSPS) is 30.3. The molecule has 5 heteroatoms. The van der Waals surface area contributed by atoms with E-state index in [2.05, 4.69) is 6.92 Å². The first kappa shape index (κ1) is 18.6. The molecule has 2 fully saturated rings. The lowest BCUT2D eigenvalue weighted by Gasteiger charge is -2.55. The summed E-state index contributed by atoms with van der Waals surface area (Å²) >= 11 is 0. The zero-order chi connectivity index (χ0) is 19.1. The number of carboxylic acids is 1. The van der Waals surface area contributed by atoms with Crippen molar-refractivity contribution < 1.29 is 24.2 Å². The van der Waals surface area contributed by atoms with E-state index in [1.54, 1.807) is 0 Å². The Morgan fingerprint density at radius 2 is 1.69 bits per heavy atom. The molecule has 0 saturated heterocycles. The average molecular weight is 358 g/mol. The smallest absolute Gasteiger partial charge is 0.338 e. The van der Waals surface area contributed by atoms with E-state index < -0.39 is 11.9 Å². The summed E-state index contributed by atoms with van der Waals surface area (Å²) in [5, 5.41) is 8.97. The maximum Gasteiger partial charge on any atom is 0.338 e. The van der Waals surface area contributed by atoms with E-state index >= 15 is 0 Å². The van der Waals surface area contributed by atoms with Gasteiger partial charge < -0.3 is 9.84 Å². The molecule has 0 bridgehead atoms. The van der Waals surface area contributed by atoms with E-state index in [4.69, 9.17) is 9.84 Å². The van der Waals surface area contributed by atoms with Crippen molar-refractivity contribution >= 4 is 17.7 Å². The van der Waals surface area contributed by atoms with Crippen LogP contribution in [0.3, 0.4) is 0 Å². The van der Waals surface area contributed by atoms with Gasteiger partial charge in [-0.05, 0) is 55.9 Å². The molecule has 2 aliphatic carbocycles. The van der Waals surface area contributed by atoms with Gasteiger partial charge in [-0.25, -0.2) is 9.59 Å². The van der Waals surface area contributed by atoms with E-state index in [1.807, 2.05) is 13.8 Å². The molecular formula is C21H26O5. The van der Waals surface area contributed by atoms with E-state index in [-0.39, 0.29) is 28.4 Å². The van der Waals surface area contributed by atoms with Crippen molar-refractivity contribution in [3.05, 3.63) is 35.4 Å². The summed E-state index contributed by atoms with van der Waals surface area (Å²) in [5.74, 6) is -0.946. The molecule has 0 unspecified atom stereocenters. The van der Waals surface area contributed by atoms with Crippen LogP contribution in [0, 0.1) is 16.7 Å². The molecular weight excluding hydrogens is 332 g/mol. The number of carbonyl (C=O) groups is 3. The molecule has 140 valence electrons. The predicted octanol–water partition coefficient (Wildman–Crippen LogP) is 4.11. The van der Waals surface area contributed by atoms with E-state index in [0.29, 0.717) is 17.8 Å². The Hall–Kier alpha value is -2.17. The van der Waals surface area contributed by atoms with E-state index in [9.17, 15) is 14.4 Å². The van der Waals surface area contributed by atoms with Crippen molar-refractivity contribution in [3.63, 3.8) is 0 Å². The van der Waals surface area contributed by atoms with Crippen molar-refractivity contribution in [2.24, 2.45) is 16.7 Å². The van der Waals surface area contributed by atoms with Crippen LogP contribution in [0.15, 0.2) is 24.3 Å². The predicted molar refractivity (Wildman–Crippen MR) is 96.1 cm³/mol. The maximum absolute atomic E-state index is 12.6. The number of ketones is 1. The lowest BCUT2D eigenvalue weighted by Crippen LogP contribution is -2.55. The first-order chi connectivity index (χ1) is 12.2. The highest BCUT2D eigenvalue weighted by Gasteiger charge is 2.56. The van der Waals surface area contributed by atoms with E-state index in [0.717, 1.165) is 25.7 Å². The summed E-state index contributed by atoms with van der Waals surface area (Å²) in [6.45, 7) is 6.19. The quantitative estimate of drug-likeness (QED) is 0.823. The standard InChI is InChI=1S/C21H26O5/c1-20(2)15-5-4-6-17(21(15,3)12-11-16(20)22)26-19(25)14-9-7-13(8-10-14)18(23)24/h7-10,15,17H,4-6,11-12H2,1-3H3,(H,23,24)/t15-,17+,21-/m1/s1. The van der Waals surface area contributed by atoms with Crippen LogP contribution in [0.5, 0.6) is 0 Å². The largest absolute Gasteiger partial charge is 0.478 e. The lowest BCUT2D eigenvalue weighted by atomic mass is 9.50. The first-order valence-corrected chi connectivity index (χ1v) is 9.24. The molecule has 0 aliphatic heterocycles. The molecule has 1 aromatic rings. The zero-order valence-corrected chi connectivity index (χ0v) is 15.6. The van der Waals surface area contributed by atoms with Gasteiger partial charge in [0.2, 0.25) is 0 Å². The summed E-state index contributed by atoms with van der Waals surface area (Å²) in [5.41, 5.74) is -0.0984. The van der Waals surface area contributed by atoms with Crippen LogP contribution < -0.4 is 0 Å². The number of carbonyl (C=O) groups excluding carboxylic acids is 2. The summed E-state index contributed by atoms with van der Waals surface area (Å²) in [6, 6.07) is 5.80. The van der Waals surface area contributed by atoms with Gasteiger partial charge in [-0.2, -0.15) is 0 Å². The molecule has 2 saturated carbocycles. The van der Waals surface area contributed by atoms with Crippen molar-refractivity contribution in [1.82, 2.24) is 0 Å². The minimum Gasteiger partial charge on any atom is -0.478 e. The van der Waals surface area contributed by atoms with Gasteiger partial charge in [0.05, 0.1) is 11.1 Å². The Labute approximate surface area is 153 Å². The Morgan fingerprint density at radius 3 is 2.31 bits per heavy atom. The fourth-order valence-electron chi connectivity index (χ4n) is 4.95. The fourth-order valence-corrected chi connectivity index (χ4v) is 4.95. The first-order valence-electron chi connectivity index (χ1n) is 9.24. The Bertz CT molecular complexity index is 733. The molecule has 2 aliphatic rings. The number of Topliss-reactive ketones (excluding diaryl/α,β-unsaturated/α-hetero) is 1. The number of fused-ring (bicyclic) bond motifs is 1. The molecule has 26 heavy (non-hydrogen) atoms. The van der Waals surface area contributed by atoms with Crippen LogP contribution in [0.25, 0.3) is 0 Å². The molecule has 0 heterocycles.